The van der Waals surface area contributed by atoms with Crippen molar-refractivity contribution in [2.24, 2.45) is 0 Å². The van der Waals surface area contributed by atoms with Crippen LogP contribution in [0, 0.1) is 11.3 Å². The van der Waals surface area contributed by atoms with Gasteiger partial charge in [-0.1, -0.05) is 6.07 Å². The third-order valence-corrected chi connectivity index (χ3v) is 2.91. The van der Waals surface area contributed by atoms with Crippen molar-refractivity contribution in [3.8, 4) is 6.07 Å². The van der Waals surface area contributed by atoms with Crippen LogP contribution in [0.3, 0.4) is 0 Å². The molecule has 1 saturated heterocycles. The monoisotopic (exact) mass is 231 g/mol. The molecular weight excluding hydrogens is 218 g/mol. The number of piperidine rings is 1. The third kappa shape index (κ3) is 2.36. The maximum Gasteiger partial charge on any atom is 0.271 e. The molecule has 0 aromatic carbocycles. The summed E-state index contributed by atoms with van der Waals surface area (Å²) in [4.78, 5) is 27.3. The average molecular weight is 231 g/mol. The lowest BCUT2D eigenvalue weighted by molar-refractivity contribution is 0.0664. The van der Waals surface area contributed by atoms with E-state index in [4.69, 9.17) is 5.26 Å². The highest BCUT2D eigenvalue weighted by atomic mass is 16.2. The molecule has 2 heterocycles. The van der Waals surface area contributed by atoms with Crippen LogP contribution in [0.25, 0.3) is 0 Å². The Bertz CT molecular complexity index is 515. The minimum Gasteiger partial charge on any atom is -0.321 e. The number of likely N-dealkylation sites (tertiary alicyclic amines) is 1. The maximum absolute atomic E-state index is 12.1. The van der Waals surface area contributed by atoms with Gasteiger partial charge in [0.2, 0.25) is 5.56 Å². The molecule has 2 rings (SSSR count). The van der Waals surface area contributed by atoms with Crippen LogP contribution in [0.5, 0.6) is 0 Å². The Hall–Kier alpha value is -2.09. The molecule has 1 fully saturated rings. The highest BCUT2D eigenvalue weighted by molar-refractivity contribution is 5.92. The fourth-order valence-corrected chi connectivity index (χ4v) is 2.04. The number of carbonyl (C=O) groups is 1. The molecule has 1 amide bonds. The number of rotatable bonds is 1. The first-order chi connectivity index (χ1) is 8.22. The summed E-state index contributed by atoms with van der Waals surface area (Å²) in [5.41, 5.74) is -0.0546. The van der Waals surface area contributed by atoms with Crippen LogP contribution in [0.2, 0.25) is 0 Å². The number of hydrogen-bond acceptors (Lipinski definition) is 3. The fraction of sp³-hybridized carbons (Fsp3) is 0.417. The molecule has 0 radical (unpaired) electrons. The Kier molecular flexibility index (Phi) is 3.24. The standard InChI is InChI=1S/C12H13N3O2/c13-8-9-4-1-2-7-15(9)12(17)10-5-3-6-11(16)14-10/h3,5-6,9H,1-2,4,7H2,(H,14,16). The zero-order valence-electron chi connectivity index (χ0n) is 9.35. The van der Waals surface area contributed by atoms with Gasteiger partial charge in [0.15, 0.2) is 0 Å². The normalized spacial score (nSPS) is 19.7. The van der Waals surface area contributed by atoms with Crippen LogP contribution >= 0.6 is 0 Å². The molecule has 17 heavy (non-hydrogen) atoms. The fourth-order valence-electron chi connectivity index (χ4n) is 2.04. The average Bonchev–Trinajstić information content (AvgIpc) is 2.38. The van der Waals surface area contributed by atoms with Crippen LogP contribution in [0.15, 0.2) is 23.0 Å². The Labute approximate surface area is 98.7 Å². The van der Waals surface area contributed by atoms with E-state index >= 15 is 0 Å². The van der Waals surface area contributed by atoms with E-state index < -0.39 is 0 Å². The van der Waals surface area contributed by atoms with Gasteiger partial charge in [0.1, 0.15) is 11.7 Å². The third-order valence-electron chi connectivity index (χ3n) is 2.91. The van der Waals surface area contributed by atoms with Crippen molar-refractivity contribution < 1.29 is 4.79 Å². The molecule has 1 atom stereocenters. The summed E-state index contributed by atoms with van der Waals surface area (Å²) < 4.78 is 0. The number of carbonyl (C=O) groups excluding carboxylic acids is 1. The number of nitrogens with one attached hydrogen (secondary N) is 1. The van der Waals surface area contributed by atoms with Gasteiger partial charge in [-0.2, -0.15) is 5.26 Å². The summed E-state index contributed by atoms with van der Waals surface area (Å²) in [5, 5.41) is 9.00. The number of amides is 1. The molecule has 0 bridgehead atoms. The highest BCUT2D eigenvalue weighted by Gasteiger charge is 2.27. The Morgan fingerprint density at radius 2 is 2.29 bits per heavy atom. The van der Waals surface area contributed by atoms with Gasteiger partial charge < -0.3 is 9.88 Å². The number of nitriles is 1. The molecule has 1 aliphatic rings. The van der Waals surface area contributed by atoms with Crippen LogP contribution in [0.1, 0.15) is 29.8 Å². The zero-order chi connectivity index (χ0) is 12.3. The molecule has 0 aliphatic carbocycles. The second-order valence-electron chi connectivity index (χ2n) is 4.07. The minimum absolute atomic E-state index is 0.250. The van der Waals surface area contributed by atoms with Crippen molar-refractivity contribution in [3.63, 3.8) is 0 Å². The first kappa shape index (κ1) is 11.4. The van der Waals surface area contributed by atoms with E-state index in [0.29, 0.717) is 13.0 Å². The second kappa shape index (κ2) is 4.83. The van der Waals surface area contributed by atoms with Crippen molar-refractivity contribution in [2.75, 3.05) is 6.54 Å². The summed E-state index contributed by atoms with van der Waals surface area (Å²) in [5.74, 6) is -0.269. The summed E-state index contributed by atoms with van der Waals surface area (Å²) in [6.45, 7) is 0.577. The first-order valence-electron chi connectivity index (χ1n) is 5.62. The number of nitrogens with zero attached hydrogens (tertiary/aromatic N) is 2. The van der Waals surface area contributed by atoms with Gasteiger partial charge in [-0.25, -0.2) is 0 Å². The van der Waals surface area contributed by atoms with Gasteiger partial charge >= 0.3 is 0 Å². The number of aromatic nitrogens is 1. The van der Waals surface area contributed by atoms with E-state index in [1.54, 1.807) is 6.07 Å². The van der Waals surface area contributed by atoms with Crippen molar-refractivity contribution >= 4 is 5.91 Å². The molecule has 1 unspecified atom stereocenters. The smallest absolute Gasteiger partial charge is 0.271 e. The second-order valence-corrected chi connectivity index (χ2v) is 4.07. The lowest BCUT2D eigenvalue weighted by Crippen LogP contribution is -2.43. The van der Waals surface area contributed by atoms with Crippen molar-refractivity contribution in [2.45, 2.75) is 25.3 Å². The molecule has 5 nitrogen and oxygen atoms in total. The van der Waals surface area contributed by atoms with Crippen LogP contribution in [-0.4, -0.2) is 28.4 Å². The van der Waals surface area contributed by atoms with E-state index in [9.17, 15) is 9.59 Å². The number of pyridine rings is 1. The molecule has 1 aromatic heterocycles. The maximum atomic E-state index is 12.1. The van der Waals surface area contributed by atoms with Crippen LogP contribution in [0.4, 0.5) is 0 Å². The number of H-pyrrole nitrogens is 1. The summed E-state index contributed by atoms with van der Waals surface area (Å²) in [7, 11) is 0. The largest absolute Gasteiger partial charge is 0.321 e. The molecule has 1 aromatic rings. The predicted molar refractivity (Wildman–Crippen MR) is 61.4 cm³/mol. The molecule has 0 saturated carbocycles. The Morgan fingerprint density at radius 1 is 1.47 bits per heavy atom. The van der Waals surface area contributed by atoms with Crippen molar-refractivity contribution in [1.82, 2.24) is 9.88 Å². The SMILES string of the molecule is N#CC1CCCCN1C(=O)c1cccc(=O)[nH]1. The van der Waals surface area contributed by atoms with Gasteiger partial charge in [-0.05, 0) is 25.3 Å². The van der Waals surface area contributed by atoms with Gasteiger partial charge in [-0.3, -0.25) is 9.59 Å². The number of hydrogen-bond donors (Lipinski definition) is 1. The van der Waals surface area contributed by atoms with Crippen molar-refractivity contribution in [3.05, 3.63) is 34.2 Å². The van der Waals surface area contributed by atoms with Gasteiger partial charge in [0.05, 0.1) is 6.07 Å². The van der Waals surface area contributed by atoms with E-state index in [0.717, 1.165) is 12.8 Å². The highest BCUT2D eigenvalue weighted by Crippen LogP contribution is 2.18. The van der Waals surface area contributed by atoms with Crippen molar-refractivity contribution in [1.29, 1.82) is 5.26 Å². The molecule has 88 valence electrons. The summed E-state index contributed by atoms with van der Waals surface area (Å²) in [6.07, 6.45) is 2.58. The Balaban J connectivity index is 2.25. The summed E-state index contributed by atoms with van der Waals surface area (Å²) >= 11 is 0. The Morgan fingerprint density at radius 3 is 3.00 bits per heavy atom. The molecule has 1 aliphatic heterocycles. The van der Waals surface area contributed by atoms with E-state index in [1.807, 2.05) is 0 Å². The number of aromatic amines is 1. The van der Waals surface area contributed by atoms with Gasteiger partial charge in [-0.15, -0.1) is 0 Å². The van der Waals surface area contributed by atoms with Crippen LogP contribution in [-0.2, 0) is 0 Å². The molecule has 1 N–H and O–H groups in total. The first-order valence-corrected chi connectivity index (χ1v) is 5.62. The van der Waals surface area contributed by atoms with E-state index in [1.165, 1.54) is 17.0 Å². The molecule has 5 heteroatoms. The summed E-state index contributed by atoms with van der Waals surface area (Å²) in [6, 6.07) is 6.21. The predicted octanol–water partition coefficient (Wildman–Crippen LogP) is 0.893. The van der Waals surface area contributed by atoms with Gasteiger partial charge in [0.25, 0.3) is 5.91 Å². The van der Waals surface area contributed by atoms with Crippen LogP contribution < -0.4 is 5.56 Å². The van der Waals surface area contributed by atoms with E-state index in [2.05, 4.69) is 11.1 Å². The lowest BCUT2D eigenvalue weighted by atomic mass is 10.0. The topological polar surface area (TPSA) is 77.0 Å². The molecule has 0 spiro atoms. The lowest BCUT2D eigenvalue weighted by Gasteiger charge is -2.31. The zero-order valence-corrected chi connectivity index (χ0v) is 9.35. The van der Waals surface area contributed by atoms with E-state index in [-0.39, 0.29) is 23.2 Å². The quantitative estimate of drug-likeness (QED) is 0.779. The molecular formula is C12H13N3O2. The van der Waals surface area contributed by atoms with Gasteiger partial charge in [0, 0.05) is 12.6 Å². The minimum atomic E-state index is -0.375.